The van der Waals surface area contributed by atoms with Crippen molar-refractivity contribution in [2.45, 2.75) is 32.8 Å². The fourth-order valence-corrected chi connectivity index (χ4v) is 1.59. The molecule has 2 rings (SSSR count). The largest absolute Gasteiger partial charge is 0.393 e. The third-order valence-electron chi connectivity index (χ3n) is 2.46. The number of aliphatic hydroxyl groups is 1. The van der Waals surface area contributed by atoms with Crippen LogP contribution in [0.5, 0.6) is 0 Å². The van der Waals surface area contributed by atoms with Crippen LogP contribution in [0.1, 0.15) is 29.8 Å². The normalized spacial score (nSPS) is 12.6. The van der Waals surface area contributed by atoms with Crippen molar-refractivity contribution in [2.75, 3.05) is 0 Å². The molecule has 0 radical (unpaired) electrons. The molecule has 1 N–H and O–H groups in total. The highest BCUT2D eigenvalue weighted by Crippen LogP contribution is 2.09. The SMILES string of the molecule is Cc1ccc(Cc2noc(CC(C)O)n2)cc1. The van der Waals surface area contributed by atoms with Crippen LogP contribution >= 0.6 is 0 Å². The van der Waals surface area contributed by atoms with Crippen LogP contribution in [-0.4, -0.2) is 21.4 Å². The summed E-state index contributed by atoms with van der Waals surface area (Å²) in [5.41, 5.74) is 2.39. The number of aromatic nitrogens is 2. The Bertz CT molecular complexity index is 474. The standard InChI is InChI=1S/C13H16N2O2/c1-9-3-5-11(6-4-9)8-12-14-13(17-15-12)7-10(2)16/h3-6,10,16H,7-8H2,1-2H3. The van der Waals surface area contributed by atoms with Crippen molar-refractivity contribution in [3.63, 3.8) is 0 Å². The molecule has 1 aromatic carbocycles. The Kier molecular flexibility index (Phi) is 3.54. The van der Waals surface area contributed by atoms with Gasteiger partial charge in [0.1, 0.15) is 0 Å². The van der Waals surface area contributed by atoms with Gasteiger partial charge in [0, 0.05) is 6.42 Å². The smallest absolute Gasteiger partial charge is 0.229 e. The van der Waals surface area contributed by atoms with E-state index in [4.69, 9.17) is 4.52 Å². The fourth-order valence-electron chi connectivity index (χ4n) is 1.59. The molecule has 0 amide bonds. The summed E-state index contributed by atoms with van der Waals surface area (Å²) < 4.78 is 5.05. The zero-order valence-electron chi connectivity index (χ0n) is 10.1. The van der Waals surface area contributed by atoms with E-state index in [1.165, 1.54) is 5.56 Å². The van der Waals surface area contributed by atoms with Gasteiger partial charge in [-0.2, -0.15) is 4.98 Å². The molecule has 4 nitrogen and oxygen atoms in total. The minimum absolute atomic E-state index is 0.404. The number of hydrogen-bond donors (Lipinski definition) is 1. The Morgan fingerprint density at radius 3 is 2.65 bits per heavy atom. The van der Waals surface area contributed by atoms with Gasteiger partial charge in [0.25, 0.3) is 0 Å². The molecular formula is C13H16N2O2. The van der Waals surface area contributed by atoms with E-state index in [-0.39, 0.29) is 0 Å². The first-order valence-electron chi connectivity index (χ1n) is 5.68. The van der Waals surface area contributed by atoms with E-state index in [9.17, 15) is 5.11 Å². The van der Waals surface area contributed by atoms with Crippen LogP contribution in [0.25, 0.3) is 0 Å². The zero-order chi connectivity index (χ0) is 12.3. The van der Waals surface area contributed by atoms with Crippen LogP contribution in [0.3, 0.4) is 0 Å². The van der Waals surface area contributed by atoms with Gasteiger partial charge in [-0.1, -0.05) is 35.0 Å². The monoisotopic (exact) mass is 232 g/mol. The van der Waals surface area contributed by atoms with Gasteiger partial charge in [0.2, 0.25) is 5.89 Å². The maximum atomic E-state index is 9.21. The predicted octanol–water partition coefficient (Wildman–Crippen LogP) is 1.89. The van der Waals surface area contributed by atoms with E-state index >= 15 is 0 Å². The average molecular weight is 232 g/mol. The van der Waals surface area contributed by atoms with Gasteiger partial charge in [0.15, 0.2) is 5.82 Å². The van der Waals surface area contributed by atoms with Gasteiger partial charge in [0.05, 0.1) is 12.5 Å². The second-order valence-electron chi connectivity index (χ2n) is 4.32. The molecule has 1 unspecified atom stereocenters. The third kappa shape index (κ3) is 3.39. The first kappa shape index (κ1) is 11.8. The van der Waals surface area contributed by atoms with Gasteiger partial charge >= 0.3 is 0 Å². The van der Waals surface area contributed by atoms with Crippen LogP contribution in [0.15, 0.2) is 28.8 Å². The summed E-state index contributed by atoms with van der Waals surface area (Å²) in [5, 5.41) is 13.1. The Hall–Kier alpha value is -1.68. The lowest BCUT2D eigenvalue weighted by Crippen LogP contribution is -2.04. The van der Waals surface area contributed by atoms with Crippen molar-refractivity contribution in [2.24, 2.45) is 0 Å². The Balaban J connectivity index is 2.03. The van der Waals surface area contributed by atoms with Crippen molar-refractivity contribution in [1.29, 1.82) is 0 Å². The van der Waals surface area contributed by atoms with Crippen molar-refractivity contribution in [1.82, 2.24) is 10.1 Å². The molecule has 4 heteroatoms. The molecule has 0 saturated carbocycles. The molecule has 1 aromatic heterocycles. The molecule has 0 aliphatic carbocycles. The zero-order valence-corrected chi connectivity index (χ0v) is 10.1. The summed E-state index contributed by atoms with van der Waals surface area (Å²) >= 11 is 0. The van der Waals surface area contributed by atoms with E-state index in [1.807, 2.05) is 0 Å². The second-order valence-corrected chi connectivity index (χ2v) is 4.32. The minimum Gasteiger partial charge on any atom is -0.393 e. The first-order valence-corrected chi connectivity index (χ1v) is 5.68. The first-order chi connectivity index (χ1) is 8.13. The average Bonchev–Trinajstić information content (AvgIpc) is 2.68. The number of aryl methyl sites for hydroxylation is 1. The molecule has 0 fully saturated rings. The summed E-state index contributed by atoms with van der Waals surface area (Å²) in [6, 6.07) is 8.23. The van der Waals surface area contributed by atoms with Gasteiger partial charge in [-0.3, -0.25) is 0 Å². The molecule has 90 valence electrons. The Morgan fingerprint density at radius 1 is 1.29 bits per heavy atom. The number of rotatable bonds is 4. The van der Waals surface area contributed by atoms with Gasteiger partial charge in [-0.05, 0) is 19.4 Å². The number of aliphatic hydroxyl groups excluding tert-OH is 1. The van der Waals surface area contributed by atoms with E-state index in [0.29, 0.717) is 24.6 Å². The van der Waals surface area contributed by atoms with Crippen LogP contribution in [0.2, 0.25) is 0 Å². The maximum absolute atomic E-state index is 9.21. The van der Waals surface area contributed by atoms with Crippen molar-refractivity contribution >= 4 is 0 Å². The van der Waals surface area contributed by atoms with E-state index < -0.39 is 6.10 Å². The van der Waals surface area contributed by atoms with Crippen molar-refractivity contribution in [3.8, 4) is 0 Å². The molecule has 1 atom stereocenters. The lowest BCUT2D eigenvalue weighted by Gasteiger charge is -1.97. The number of benzene rings is 1. The maximum Gasteiger partial charge on any atom is 0.229 e. The lowest BCUT2D eigenvalue weighted by atomic mass is 10.1. The van der Waals surface area contributed by atoms with Gasteiger partial charge in [-0.15, -0.1) is 0 Å². The van der Waals surface area contributed by atoms with E-state index in [1.54, 1.807) is 6.92 Å². The highest BCUT2D eigenvalue weighted by molar-refractivity contribution is 5.23. The highest BCUT2D eigenvalue weighted by atomic mass is 16.5. The van der Waals surface area contributed by atoms with Crippen LogP contribution in [0, 0.1) is 6.92 Å². The molecule has 0 saturated heterocycles. The Morgan fingerprint density at radius 2 is 2.00 bits per heavy atom. The van der Waals surface area contributed by atoms with Gasteiger partial charge < -0.3 is 9.63 Å². The predicted molar refractivity (Wildman–Crippen MR) is 63.7 cm³/mol. The van der Waals surface area contributed by atoms with Crippen molar-refractivity contribution < 1.29 is 9.63 Å². The molecule has 0 aliphatic heterocycles. The molecule has 0 bridgehead atoms. The molecule has 1 heterocycles. The minimum atomic E-state index is -0.456. The van der Waals surface area contributed by atoms with Crippen LogP contribution in [-0.2, 0) is 12.8 Å². The van der Waals surface area contributed by atoms with E-state index in [2.05, 4.69) is 41.3 Å². The second kappa shape index (κ2) is 5.10. The summed E-state index contributed by atoms with van der Waals surface area (Å²) in [6.07, 6.45) is 0.604. The van der Waals surface area contributed by atoms with Gasteiger partial charge in [-0.25, -0.2) is 0 Å². The van der Waals surface area contributed by atoms with Crippen LogP contribution < -0.4 is 0 Å². The summed E-state index contributed by atoms with van der Waals surface area (Å²) in [6.45, 7) is 3.75. The number of nitrogens with zero attached hydrogens (tertiary/aromatic N) is 2. The number of hydrogen-bond acceptors (Lipinski definition) is 4. The van der Waals surface area contributed by atoms with Crippen molar-refractivity contribution in [3.05, 3.63) is 47.1 Å². The molecule has 0 spiro atoms. The summed E-state index contributed by atoms with van der Waals surface area (Å²) in [7, 11) is 0. The summed E-state index contributed by atoms with van der Waals surface area (Å²) in [5.74, 6) is 1.15. The molecule has 2 aromatic rings. The van der Waals surface area contributed by atoms with Crippen LogP contribution in [0.4, 0.5) is 0 Å². The molecular weight excluding hydrogens is 216 g/mol. The fraction of sp³-hybridized carbons (Fsp3) is 0.385. The quantitative estimate of drug-likeness (QED) is 0.874. The lowest BCUT2D eigenvalue weighted by molar-refractivity contribution is 0.181. The molecule has 0 aliphatic rings. The molecule has 17 heavy (non-hydrogen) atoms. The highest BCUT2D eigenvalue weighted by Gasteiger charge is 2.09. The summed E-state index contributed by atoms with van der Waals surface area (Å²) in [4.78, 5) is 4.23. The Labute approximate surface area is 100 Å². The third-order valence-corrected chi connectivity index (χ3v) is 2.46. The van der Waals surface area contributed by atoms with E-state index in [0.717, 1.165) is 5.56 Å². The topological polar surface area (TPSA) is 59.2 Å².